The second-order valence-corrected chi connectivity index (χ2v) is 10.0. The number of sulfone groups is 1. The van der Waals surface area contributed by atoms with Gasteiger partial charge in [0.15, 0.2) is 15.0 Å². The highest BCUT2D eigenvalue weighted by Crippen LogP contribution is 2.41. The zero-order valence-electron chi connectivity index (χ0n) is 16.0. The van der Waals surface area contributed by atoms with Crippen LogP contribution in [0.5, 0.6) is 11.5 Å². The topological polar surface area (TPSA) is 68.2 Å². The average Bonchev–Trinajstić information content (AvgIpc) is 3.17. The summed E-state index contributed by atoms with van der Waals surface area (Å²) >= 11 is 1.50. The number of halogens is 1. The standard InChI is InChI=1S/C20H21FN2O4S2/c1-26-15-7-8-19(27-2)17(9-15)23-18-12-29(24,25)11-16(18)22-20(23)28-10-13-3-5-14(21)6-4-13/h3-9,16,18H,10-12H2,1-2H3. The summed E-state index contributed by atoms with van der Waals surface area (Å²) in [4.78, 5) is 6.67. The molecule has 29 heavy (non-hydrogen) atoms. The summed E-state index contributed by atoms with van der Waals surface area (Å²) in [5, 5.41) is 0.728. The van der Waals surface area contributed by atoms with E-state index in [1.54, 1.807) is 38.5 Å². The first-order valence-corrected chi connectivity index (χ1v) is 11.9. The molecule has 0 radical (unpaired) electrons. The molecule has 2 aromatic rings. The normalized spacial score (nSPS) is 22.3. The molecule has 2 aromatic carbocycles. The number of benzene rings is 2. The Balaban J connectivity index is 1.68. The fourth-order valence-electron chi connectivity index (χ4n) is 3.63. The van der Waals surface area contributed by atoms with Crippen LogP contribution in [0.2, 0.25) is 0 Å². The van der Waals surface area contributed by atoms with Crippen LogP contribution in [0.4, 0.5) is 10.1 Å². The third-order valence-corrected chi connectivity index (χ3v) is 7.77. The number of hydrogen-bond donors (Lipinski definition) is 0. The maximum Gasteiger partial charge on any atom is 0.164 e. The van der Waals surface area contributed by atoms with Crippen molar-refractivity contribution in [3.8, 4) is 11.5 Å². The molecule has 2 heterocycles. The van der Waals surface area contributed by atoms with E-state index in [-0.39, 0.29) is 29.4 Å². The van der Waals surface area contributed by atoms with Crippen LogP contribution >= 0.6 is 11.8 Å². The molecular formula is C20H21FN2O4S2. The van der Waals surface area contributed by atoms with Gasteiger partial charge in [-0.1, -0.05) is 23.9 Å². The van der Waals surface area contributed by atoms with Crippen molar-refractivity contribution in [2.45, 2.75) is 17.8 Å². The average molecular weight is 437 g/mol. The maximum atomic E-state index is 13.2. The monoisotopic (exact) mass is 436 g/mol. The van der Waals surface area contributed by atoms with Crippen molar-refractivity contribution in [2.24, 2.45) is 4.99 Å². The quantitative estimate of drug-likeness (QED) is 0.718. The fourth-order valence-corrected chi connectivity index (χ4v) is 6.54. The van der Waals surface area contributed by atoms with E-state index in [0.29, 0.717) is 17.3 Å². The molecule has 4 rings (SSSR count). The van der Waals surface area contributed by atoms with Gasteiger partial charge in [0.1, 0.15) is 17.3 Å². The molecule has 2 aliphatic rings. The highest BCUT2D eigenvalue weighted by molar-refractivity contribution is 8.13. The SMILES string of the molecule is COc1ccc(OC)c(N2C(SCc3ccc(F)cc3)=NC3CS(=O)(=O)CC32)c1. The molecule has 0 N–H and O–H groups in total. The summed E-state index contributed by atoms with van der Waals surface area (Å²) in [5.41, 5.74) is 1.68. The minimum Gasteiger partial charge on any atom is -0.497 e. The summed E-state index contributed by atoms with van der Waals surface area (Å²) in [5.74, 6) is 1.66. The van der Waals surface area contributed by atoms with Crippen LogP contribution in [0, 0.1) is 5.82 Å². The number of ether oxygens (including phenoxy) is 2. The van der Waals surface area contributed by atoms with Crippen molar-refractivity contribution >= 4 is 32.5 Å². The molecule has 0 aliphatic carbocycles. The molecule has 0 bridgehead atoms. The Kier molecular flexibility index (Phi) is 5.44. The van der Waals surface area contributed by atoms with Gasteiger partial charge in [0.05, 0.1) is 43.5 Å². The van der Waals surface area contributed by atoms with Crippen molar-refractivity contribution in [3.63, 3.8) is 0 Å². The molecular weight excluding hydrogens is 415 g/mol. The highest BCUT2D eigenvalue weighted by atomic mass is 32.2. The van der Waals surface area contributed by atoms with Crippen LogP contribution in [-0.4, -0.2) is 51.4 Å². The molecule has 1 fully saturated rings. The van der Waals surface area contributed by atoms with Crippen LogP contribution in [0.3, 0.4) is 0 Å². The van der Waals surface area contributed by atoms with Crippen LogP contribution < -0.4 is 14.4 Å². The number of fused-ring (bicyclic) bond motifs is 1. The van der Waals surface area contributed by atoms with Crippen molar-refractivity contribution < 1.29 is 22.3 Å². The molecule has 9 heteroatoms. The summed E-state index contributed by atoms with van der Waals surface area (Å²) in [6, 6.07) is 11.2. The van der Waals surface area contributed by atoms with Gasteiger partial charge < -0.3 is 14.4 Å². The second kappa shape index (κ2) is 7.87. The molecule has 6 nitrogen and oxygen atoms in total. The van der Waals surface area contributed by atoms with E-state index in [4.69, 9.17) is 14.5 Å². The summed E-state index contributed by atoms with van der Waals surface area (Å²) in [6.07, 6.45) is 0. The van der Waals surface area contributed by atoms with Gasteiger partial charge >= 0.3 is 0 Å². The Morgan fingerprint density at radius 3 is 2.59 bits per heavy atom. The summed E-state index contributed by atoms with van der Waals surface area (Å²) < 4.78 is 48.5. The van der Waals surface area contributed by atoms with E-state index in [1.807, 2.05) is 11.0 Å². The van der Waals surface area contributed by atoms with Gasteiger partial charge in [-0.3, -0.25) is 4.99 Å². The van der Waals surface area contributed by atoms with E-state index in [2.05, 4.69) is 0 Å². The number of hydrogen-bond acceptors (Lipinski definition) is 7. The van der Waals surface area contributed by atoms with Gasteiger partial charge in [-0.05, 0) is 29.8 Å². The van der Waals surface area contributed by atoms with E-state index in [1.165, 1.54) is 23.9 Å². The molecule has 2 atom stereocenters. The predicted molar refractivity (Wildman–Crippen MR) is 113 cm³/mol. The predicted octanol–water partition coefficient (Wildman–Crippen LogP) is 3.12. The first kappa shape index (κ1) is 20.0. The van der Waals surface area contributed by atoms with E-state index >= 15 is 0 Å². The van der Waals surface area contributed by atoms with Crippen molar-refractivity contribution in [1.29, 1.82) is 0 Å². The van der Waals surface area contributed by atoms with Gasteiger partial charge in [0.2, 0.25) is 0 Å². The Labute approximate surface area is 173 Å². The number of aliphatic imine (C=N–C) groups is 1. The lowest BCUT2D eigenvalue weighted by molar-refractivity contribution is 0.403. The minimum atomic E-state index is -3.15. The van der Waals surface area contributed by atoms with E-state index < -0.39 is 9.84 Å². The Morgan fingerprint density at radius 1 is 1.14 bits per heavy atom. The third-order valence-electron chi connectivity index (χ3n) is 5.03. The Morgan fingerprint density at radius 2 is 1.90 bits per heavy atom. The maximum absolute atomic E-state index is 13.2. The lowest BCUT2D eigenvalue weighted by Crippen LogP contribution is -2.39. The van der Waals surface area contributed by atoms with Crippen molar-refractivity contribution in [1.82, 2.24) is 0 Å². The largest absolute Gasteiger partial charge is 0.497 e. The van der Waals surface area contributed by atoms with Gasteiger partial charge in [0, 0.05) is 11.8 Å². The molecule has 0 amide bonds. The molecule has 2 unspecified atom stereocenters. The number of amidine groups is 1. The van der Waals surface area contributed by atoms with Crippen LogP contribution in [-0.2, 0) is 15.6 Å². The van der Waals surface area contributed by atoms with Gasteiger partial charge in [-0.25, -0.2) is 12.8 Å². The first-order valence-electron chi connectivity index (χ1n) is 9.07. The lowest BCUT2D eigenvalue weighted by Gasteiger charge is -2.28. The summed E-state index contributed by atoms with van der Waals surface area (Å²) in [6.45, 7) is 0. The first-order chi connectivity index (χ1) is 13.9. The molecule has 0 spiro atoms. The smallest absolute Gasteiger partial charge is 0.164 e. The zero-order chi connectivity index (χ0) is 20.6. The van der Waals surface area contributed by atoms with Gasteiger partial charge in [-0.15, -0.1) is 0 Å². The van der Waals surface area contributed by atoms with Gasteiger partial charge in [-0.2, -0.15) is 0 Å². The number of anilines is 1. The van der Waals surface area contributed by atoms with Crippen LogP contribution in [0.25, 0.3) is 0 Å². The number of nitrogens with zero attached hydrogens (tertiary/aromatic N) is 2. The second-order valence-electron chi connectivity index (χ2n) is 6.95. The number of methoxy groups -OCH3 is 2. The van der Waals surface area contributed by atoms with Crippen molar-refractivity contribution in [3.05, 3.63) is 53.8 Å². The number of rotatable bonds is 5. The van der Waals surface area contributed by atoms with Crippen molar-refractivity contribution in [2.75, 3.05) is 30.6 Å². The fraction of sp³-hybridized carbons (Fsp3) is 0.350. The van der Waals surface area contributed by atoms with E-state index in [9.17, 15) is 12.8 Å². The minimum absolute atomic E-state index is 0.0427. The Bertz CT molecular complexity index is 1040. The van der Waals surface area contributed by atoms with E-state index in [0.717, 1.165) is 16.4 Å². The molecule has 2 aliphatic heterocycles. The molecule has 0 aromatic heterocycles. The zero-order valence-corrected chi connectivity index (χ0v) is 17.7. The molecule has 154 valence electrons. The molecule has 0 saturated carbocycles. The highest BCUT2D eigenvalue weighted by Gasteiger charge is 2.47. The summed E-state index contributed by atoms with van der Waals surface area (Å²) in [7, 11) is 0.00745. The van der Waals surface area contributed by atoms with Crippen LogP contribution in [0.1, 0.15) is 5.56 Å². The third kappa shape index (κ3) is 4.06. The Hall–Kier alpha value is -2.26. The lowest BCUT2D eigenvalue weighted by atomic mass is 10.1. The molecule has 1 saturated heterocycles. The number of thioether (sulfide) groups is 1. The van der Waals surface area contributed by atoms with Crippen LogP contribution in [0.15, 0.2) is 47.5 Å². The van der Waals surface area contributed by atoms with Gasteiger partial charge in [0.25, 0.3) is 0 Å².